The molecule has 1 aliphatic rings. The molecule has 1 aromatic heterocycles. The maximum atomic E-state index is 5.48. The summed E-state index contributed by atoms with van der Waals surface area (Å²) in [6.45, 7) is 1.72. The van der Waals surface area contributed by atoms with Crippen LogP contribution in [0.1, 0.15) is 30.5 Å². The van der Waals surface area contributed by atoms with E-state index in [1.54, 1.807) is 0 Å². The molecule has 3 nitrogen and oxygen atoms in total. The summed E-state index contributed by atoms with van der Waals surface area (Å²) in [5, 5.41) is 3.45. The third-order valence-corrected chi connectivity index (χ3v) is 2.93. The van der Waals surface area contributed by atoms with Crippen LogP contribution < -0.4 is 11.1 Å². The van der Waals surface area contributed by atoms with Crippen molar-refractivity contribution in [3.8, 4) is 0 Å². The van der Waals surface area contributed by atoms with Gasteiger partial charge in [0.25, 0.3) is 0 Å². The van der Waals surface area contributed by atoms with Gasteiger partial charge in [0, 0.05) is 24.1 Å². The third-order valence-electron chi connectivity index (χ3n) is 2.93. The van der Waals surface area contributed by atoms with Crippen molar-refractivity contribution >= 4 is 5.69 Å². The molecule has 1 aromatic rings. The molecule has 0 atom stereocenters. The molecule has 3 heteroatoms. The van der Waals surface area contributed by atoms with E-state index in [0.29, 0.717) is 0 Å². The minimum atomic E-state index is 0.750. The van der Waals surface area contributed by atoms with Crippen LogP contribution in [0.15, 0.2) is 12.3 Å². The van der Waals surface area contributed by atoms with Gasteiger partial charge in [0.2, 0.25) is 0 Å². The van der Waals surface area contributed by atoms with Gasteiger partial charge in [-0.2, -0.15) is 0 Å². The van der Waals surface area contributed by atoms with Crippen LogP contribution in [0.4, 0.5) is 5.69 Å². The highest BCUT2D eigenvalue weighted by atomic mass is 14.9. The maximum Gasteiger partial charge on any atom is 0.0456 e. The molecule has 0 spiro atoms. The van der Waals surface area contributed by atoms with Crippen molar-refractivity contribution in [2.24, 2.45) is 5.73 Å². The Hall–Kier alpha value is -1.09. The number of aromatic nitrogens is 1. The molecule has 0 aliphatic heterocycles. The highest BCUT2D eigenvalue weighted by molar-refractivity contribution is 5.53. The van der Waals surface area contributed by atoms with E-state index in [-0.39, 0.29) is 0 Å². The second kappa shape index (κ2) is 5.12. The Morgan fingerprint density at radius 3 is 3.07 bits per heavy atom. The lowest BCUT2D eigenvalue weighted by molar-refractivity contribution is 0.668. The summed E-state index contributed by atoms with van der Waals surface area (Å²) >= 11 is 0. The van der Waals surface area contributed by atoms with Crippen molar-refractivity contribution in [1.29, 1.82) is 0 Å². The van der Waals surface area contributed by atoms with E-state index in [1.807, 2.05) is 6.20 Å². The summed E-state index contributed by atoms with van der Waals surface area (Å²) in [6, 6.07) is 2.08. The standard InChI is InChI=1S/C12H19N3/c13-7-3-8-14-12-6-9-15-11-5-2-1-4-10(11)12/h6,9H,1-5,7-8,13H2,(H,14,15). The fraction of sp³-hybridized carbons (Fsp3) is 0.583. The summed E-state index contributed by atoms with van der Waals surface area (Å²) in [5.41, 5.74) is 9.47. The monoisotopic (exact) mass is 205 g/mol. The van der Waals surface area contributed by atoms with Crippen molar-refractivity contribution in [3.05, 3.63) is 23.5 Å². The Kier molecular flexibility index (Phi) is 3.56. The van der Waals surface area contributed by atoms with Crippen LogP contribution in [0.2, 0.25) is 0 Å². The molecule has 0 aromatic carbocycles. The molecular weight excluding hydrogens is 186 g/mol. The van der Waals surface area contributed by atoms with Crippen molar-refractivity contribution < 1.29 is 0 Å². The summed E-state index contributed by atoms with van der Waals surface area (Å²) in [5.74, 6) is 0. The zero-order valence-electron chi connectivity index (χ0n) is 9.13. The first kappa shape index (κ1) is 10.4. The van der Waals surface area contributed by atoms with Gasteiger partial charge in [-0.1, -0.05) is 0 Å². The quantitative estimate of drug-likeness (QED) is 0.736. The number of nitrogens with two attached hydrogens (primary N) is 1. The van der Waals surface area contributed by atoms with E-state index in [1.165, 1.54) is 36.2 Å². The van der Waals surface area contributed by atoms with Crippen molar-refractivity contribution in [3.63, 3.8) is 0 Å². The van der Waals surface area contributed by atoms with Crippen LogP contribution in [-0.4, -0.2) is 18.1 Å². The predicted octanol–water partition coefficient (Wildman–Crippen LogP) is 1.72. The molecule has 0 unspecified atom stereocenters. The first-order valence-electron chi connectivity index (χ1n) is 5.82. The van der Waals surface area contributed by atoms with Crippen LogP contribution >= 0.6 is 0 Å². The molecule has 1 aliphatic carbocycles. The van der Waals surface area contributed by atoms with Gasteiger partial charge in [0.15, 0.2) is 0 Å². The number of aryl methyl sites for hydroxylation is 1. The molecular formula is C12H19N3. The Balaban J connectivity index is 2.09. The molecule has 0 bridgehead atoms. The van der Waals surface area contributed by atoms with Crippen LogP contribution in [0.5, 0.6) is 0 Å². The molecule has 0 amide bonds. The third kappa shape index (κ3) is 2.48. The average Bonchev–Trinajstić information content (AvgIpc) is 2.30. The fourth-order valence-corrected chi connectivity index (χ4v) is 2.12. The second-order valence-corrected chi connectivity index (χ2v) is 4.06. The summed E-state index contributed by atoms with van der Waals surface area (Å²) in [4.78, 5) is 4.44. The van der Waals surface area contributed by atoms with E-state index in [9.17, 15) is 0 Å². The van der Waals surface area contributed by atoms with E-state index in [4.69, 9.17) is 5.73 Å². The maximum absolute atomic E-state index is 5.48. The molecule has 15 heavy (non-hydrogen) atoms. The Bertz CT molecular complexity index is 323. The van der Waals surface area contributed by atoms with Crippen LogP contribution in [0, 0.1) is 0 Å². The molecule has 2 rings (SSSR count). The van der Waals surface area contributed by atoms with Gasteiger partial charge in [0.1, 0.15) is 0 Å². The lowest BCUT2D eigenvalue weighted by atomic mass is 9.95. The molecule has 3 N–H and O–H groups in total. The molecule has 0 radical (unpaired) electrons. The number of rotatable bonds is 4. The fourth-order valence-electron chi connectivity index (χ4n) is 2.12. The van der Waals surface area contributed by atoms with E-state index in [0.717, 1.165) is 25.9 Å². The summed E-state index contributed by atoms with van der Waals surface area (Å²) in [7, 11) is 0. The molecule has 1 heterocycles. The number of pyridine rings is 1. The molecule has 0 saturated carbocycles. The Labute approximate surface area is 91.1 Å². The van der Waals surface area contributed by atoms with E-state index >= 15 is 0 Å². The predicted molar refractivity (Wildman–Crippen MR) is 63.0 cm³/mol. The van der Waals surface area contributed by atoms with E-state index in [2.05, 4.69) is 16.4 Å². The van der Waals surface area contributed by atoms with Gasteiger partial charge in [-0.25, -0.2) is 0 Å². The van der Waals surface area contributed by atoms with Gasteiger partial charge in [-0.15, -0.1) is 0 Å². The number of hydrogen-bond acceptors (Lipinski definition) is 3. The SMILES string of the molecule is NCCCNc1ccnc2c1CCCC2. The lowest BCUT2D eigenvalue weighted by Crippen LogP contribution is -2.13. The lowest BCUT2D eigenvalue weighted by Gasteiger charge is -2.18. The first-order chi connectivity index (χ1) is 7.42. The number of anilines is 1. The van der Waals surface area contributed by atoms with Gasteiger partial charge in [-0.05, 0) is 50.3 Å². The normalized spacial score (nSPS) is 14.7. The number of fused-ring (bicyclic) bond motifs is 1. The minimum Gasteiger partial charge on any atom is -0.385 e. The van der Waals surface area contributed by atoms with Crippen molar-refractivity contribution in [1.82, 2.24) is 4.98 Å². The van der Waals surface area contributed by atoms with Gasteiger partial charge in [-0.3, -0.25) is 4.98 Å². The smallest absolute Gasteiger partial charge is 0.0456 e. The first-order valence-corrected chi connectivity index (χ1v) is 5.82. The van der Waals surface area contributed by atoms with Gasteiger partial charge in [0.05, 0.1) is 0 Å². The zero-order chi connectivity index (χ0) is 10.5. The van der Waals surface area contributed by atoms with Crippen LogP contribution in [-0.2, 0) is 12.8 Å². The Morgan fingerprint density at radius 2 is 2.20 bits per heavy atom. The van der Waals surface area contributed by atoms with Gasteiger partial charge >= 0.3 is 0 Å². The van der Waals surface area contributed by atoms with Crippen LogP contribution in [0.3, 0.4) is 0 Å². The number of nitrogens with zero attached hydrogens (tertiary/aromatic N) is 1. The van der Waals surface area contributed by atoms with Crippen LogP contribution in [0.25, 0.3) is 0 Å². The van der Waals surface area contributed by atoms with Crippen molar-refractivity contribution in [2.75, 3.05) is 18.4 Å². The minimum absolute atomic E-state index is 0.750. The summed E-state index contributed by atoms with van der Waals surface area (Å²) in [6.07, 6.45) is 7.83. The molecule has 82 valence electrons. The zero-order valence-corrected chi connectivity index (χ0v) is 9.13. The number of hydrogen-bond donors (Lipinski definition) is 2. The molecule has 0 fully saturated rings. The van der Waals surface area contributed by atoms with Gasteiger partial charge < -0.3 is 11.1 Å². The largest absolute Gasteiger partial charge is 0.385 e. The highest BCUT2D eigenvalue weighted by Crippen LogP contribution is 2.25. The highest BCUT2D eigenvalue weighted by Gasteiger charge is 2.13. The topological polar surface area (TPSA) is 50.9 Å². The second-order valence-electron chi connectivity index (χ2n) is 4.06. The Morgan fingerprint density at radius 1 is 1.33 bits per heavy atom. The van der Waals surface area contributed by atoms with Crippen molar-refractivity contribution in [2.45, 2.75) is 32.1 Å². The average molecular weight is 205 g/mol. The summed E-state index contributed by atoms with van der Waals surface area (Å²) < 4.78 is 0. The molecule has 0 saturated heterocycles. The van der Waals surface area contributed by atoms with E-state index < -0.39 is 0 Å². The number of nitrogens with one attached hydrogen (secondary N) is 1.